The fourth-order valence-electron chi connectivity index (χ4n) is 2.80. The number of nitrogens with two attached hydrogens (primary N) is 1. The second kappa shape index (κ2) is 8.10. The van der Waals surface area contributed by atoms with E-state index in [9.17, 15) is 9.59 Å². The number of nitrogens with zero attached hydrogens (tertiary/aromatic N) is 2. The van der Waals surface area contributed by atoms with E-state index in [4.69, 9.17) is 5.73 Å². The van der Waals surface area contributed by atoms with Gasteiger partial charge in [-0.15, -0.1) is 17.9 Å². The van der Waals surface area contributed by atoms with Gasteiger partial charge in [-0.2, -0.15) is 0 Å². The Hall–Kier alpha value is -2.38. The molecule has 0 aliphatic rings. The van der Waals surface area contributed by atoms with Gasteiger partial charge in [0.2, 0.25) is 5.91 Å². The summed E-state index contributed by atoms with van der Waals surface area (Å²) in [7, 11) is 0. The smallest absolute Gasteiger partial charge is 0.263 e. The third-order valence-electron chi connectivity index (χ3n) is 4.27. The summed E-state index contributed by atoms with van der Waals surface area (Å²) in [4.78, 5) is 30.2. The number of hydrogen-bond donors (Lipinski definition) is 1. The topological polar surface area (TPSA) is 78.0 Å². The summed E-state index contributed by atoms with van der Waals surface area (Å²) in [5, 5.41) is 2.63. The van der Waals surface area contributed by atoms with E-state index in [0.29, 0.717) is 28.3 Å². The van der Waals surface area contributed by atoms with Gasteiger partial charge in [0.05, 0.1) is 10.6 Å². The summed E-state index contributed by atoms with van der Waals surface area (Å²) in [5.74, 6) is -0.409. The lowest BCUT2D eigenvalue weighted by Gasteiger charge is -2.14. The van der Waals surface area contributed by atoms with E-state index in [1.165, 1.54) is 23.1 Å². The fourth-order valence-corrected chi connectivity index (χ4v) is 4.76. The molecule has 0 saturated carbocycles. The van der Waals surface area contributed by atoms with Crippen molar-refractivity contribution in [1.82, 2.24) is 9.55 Å². The third kappa shape index (κ3) is 3.84. The van der Waals surface area contributed by atoms with Gasteiger partial charge in [0, 0.05) is 17.5 Å². The normalized spacial score (nSPS) is 12.2. The maximum atomic E-state index is 13.3. The highest BCUT2D eigenvalue weighted by atomic mass is 32.2. The number of primary amides is 1. The Kier molecular flexibility index (Phi) is 5.82. The van der Waals surface area contributed by atoms with Gasteiger partial charge in [-0.1, -0.05) is 54.6 Å². The van der Waals surface area contributed by atoms with Crippen molar-refractivity contribution in [3.8, 4) is 11.1 Å². The van der Waals surface area contributed by atoms with Gasteiger partial charge in [0.25, 0.3) is 5.56 Å². The lowest BCUT2D eigenvalue weighted by Crippen LogP contribution is -2.28. The molecule has 2 aromatic heterocycles. The lowest BCUT2D eigenvalue weighted by molar-refractivity contribution is -0.117. The van der Waals surface area contributed by atoms with E-state index in [0.717, 1.165) is 16.7 Å². The maximum Gasteiger partial charge on any atom is 0.263 e. The van der Waals surface area contributed by atoms with E-state index in [-0.39, 0.29) is 5.56 Å². The molecule has 3 rings (SSSR count). The van der Waals surface area contributed by atoms with Crippen molar-refractivity contribution in [2.24, 2.45) is 5.73 Å². The Balaban J connectivity index is 2.19. The molecular formula is C20H21N3O2S2. The van der Waals surface area contributed by atoms with Crippen LogP contribution in [0.2, 0.25) is 0 Å². The molecule has 1 atom stereocenters. The molecule has 140 valence electrons. The maximum absolute atomic E-state index is 13.3. The molecule has 0 aliphatic carbocycles. The lowest BCUT2D eigenvalue weighted by atomic mass is 10.1. The molecule has 0 bridgehead atoms. The molecule has 0 aliphatic heterocycles. The molecule has 0 radical (unpaired) electrons. The summed E-state index contributed by atoms with van der Waals surface area (Å²) in [6.45, 7) is 7.98. The highest BCUT2D eigenvalue weighted by molar-refractivity contribution is 8.00. The van der Waals surface area contributed by atoms with Crippen molar-refractivity contribution >= 4 is 39.2 Å². The summed E-state index contributed by atoms with van der Waals surface area (Å²) >= 11 is 2.67. The quantitative estimate of drug-likeness (QED) is 0.370. The first-order valence-electron chi connectivity index (χ1n) is 8.62. The monoisotopic (exact) mass is 399 g/mol. The van der Waals surface area contributed by atoms with Crippen LogP contribution in [0, 0.1) is 6.92 Å². The predicted molar refractivity (Wildman–Crippen MR) is 113 cm³/mol. The molecule has 0 fully saturated rings. The second-order valence-corrected chi connectivity index (χ2v) is 8.24. The van der Waals surface area contributed by atoms with Crippen LogP contribution in [0.1, 0.15) is 18.9 Å². The van der Waals surface area contributed by atoms with Gasteiger partial charge < -0.3 is 5.73 Å². The SMILES string of the molecule is C=CCn1c(SC(CC)C(N)=O)nc2scc(-c3ccc(C)cc3)c2c1=O. The van der Waals surface area contributed by atoms with E-state index in [2.05, 4.69) is 11.6 Å². The number of fused-ring (bicyclic) bond motifs is 1. The average molecular weight is 400 g/mol. The van der Waals surface area contributed by atoms with Crippen molar-refractivity contribution in [2.75, 3.05) is 0 Å². The number of carbonyl (C=O) groups is 1. The van der Waals surface area contributed by atoms with Crippen LogP contribution in [-0.4, -0.2) is 20.7 Å². The number of benzene rings is 1. The number of aromatic nitrogens is 2. The number of allylic oxidation sites excluding steroid dienone is 1. The van der Waals surface area contributed by atoms with Crippen molar-refractivity contribution in [1.29, 1.82) is 0 Å². The minimum atomic E-state index is -0.429. The molecule has 7 heteroatoms. The standard InChI is InChI=1S/C20H21N3O2S2/c1-4-10-23-19(25)16-14(13-8-6-12(3)7-9-13)11-26-18(16)22-20(23)27-15(5-2)17(21)24/h4,6-9,11,15H,1,5,10H2,2-3H3,(H2,21,24). The van der Waals surface area contributed by atoms with Gasteiger partial charge in [-0.3, -0.25) is 14.2 Å². The number of amides is 1. The molecule has 0 saturated heterocycles. The van der Waals surface area contributed by atoms with Crippen LogP contribution in [0.4, 0.5) is 0 Å². The molecule has 27 heavy (non-hydrogen) atoms. The molecule has 0 spiro atoms. The number of rotatable bonds is 7. The number of carbonyl (C=O) groups excluding carboxylic acids is 1. The highest BCUT2D eigenvalue weighted by Gasteiger charge is 2.21. The zero-order chi connectivity index (χ0) is 19.6. The molecule has 1 unspecified atom stereocenters. The Morgan fingerprint density at radius 2 is 2.11 bits per heavy atom. The Morgan fingerprint density at radius 3 is 2.70 bits per heavy atom. The van der Waals surface area contributed by atoms with Gasteiger partial charge in [0.1, 0.15) is 4.83 Å². The van der Waals surface area contributed by atoms with Gasteiger partial charge in [-0.05, 0) is 18.9 Å². The van der Waals surface area contributed by atoms with Gasteiger partial charge in [0.15, 0.2) is 5.16 Å². The Bertz CT molecular complexity index is 1050. The van der Waals surface area contributed by atoms with Crippen LogP contribution in [-0.2, 0) is 11.3 Å². The minimum Gasteiger partial charge on any atom is -0.369 e. The van der Waals surface area contributed by atoms with E-state index in [1.54, 1.807) is 10.6 Å². The van der Waals surface area contributed by atoms with E-state index < -0.39 is 11.2 Å². The molecule has 3 aromatic rings. The first-order chi connectivity index (χ1) is 13.0. The van der Waals surface area contributed by atoms with Crippen LogP contribution >= 0.6 is 23.1 Å². The molecule has 5 nitrogen and oxygen atoms in total. The van der Waals surface area contributed by atoms with Crippen molar-refractivity contribution < 1.29 is 4.79 Å². The fraction of sp³-hybridized carbons (Fsp3) is 0.250. The van der Waals surface area contributed by atoms with Crippen LogP contribution in [0.5, 0.6) is 0 Å². The summed E-state index contributed by atoms with van der Waals surface area (Å²) in [6.07, 6.45) is 2.23. The number of aryl methyl sites for hydroxylation is 1. The number of thioether (sulfide) groups is 1. The van der Waals surface area contributed by atoms with Crippen LogP contribution in [0.3, 0.4) is 0 Å². The molecular weight excluding hydrogens is 378 g/mol. The molecule has 1 amide bonds. The van der Waals surface area contributed by atoms with Crippen molar-refractivity contribution in [3.05, 3.63) is 58.2 Å². The van der Waals surface area contributed by atoms with Gasteiger partial charge in [-0.25, -0.2) is 4.98 Å². The zero-order valence-electron chi connectivity index (χ0n) is 15.3. The van der Waals surface area contributed by atoms with Crippen LogP contribution in [0.25, 0.3) is 21.3 Å². The van der Waals surface area contributed by atoms with Crippen LogP contribution < -0.4 is 11.3 Å². The predicted octanol–water partition coefficient (Wildman–Crippen LogP) is 3.98. The van der Waals surface area contributed by atoms with E-state index in [1.807, 2.05) is 43.5 Å². The average Bonchev–Trinajstić information content (AvgIpc) is 3.07. The second-order valence-electron chi connectivity index (χ2n) is 6.21. The first kappa shape index (κ1) is 19.4. The highest BCUT2D eigenvalue weighted by Crippen LogP contribution is 2.33. The third-order valence-corrected chi connectivity index (χ3v) is 6.51. The number of thiophene rings is 1. The molecule has 1 aromatic carbocycles. The Labute approximate surface area is 165 Å². The van der Waals surface area contributed by atoms with Crippen molar-refractivity contribution in [3.63, 3.8) is 0 Å². The largest absolute Gasteiger partial charge is 0.369 e. The molecule has 2 heterocycles. The first-order valence-corrected chi connectivity index (χ1v) is 10.4. The minimum absolute atomic E-state index is 0.126. The Morgan fingerprint density at radius 1 is 1.41 bits per heavy atom. The zero-order valence-corrected chi connectivity index (χ0v) is 16.9. The number of hydrogen-bond acceptors (Lipinski definition) is 5. The summed E-state index contributed by atoms with van der Waals surface area (Å²) < 4.78 is 1.57. The van der Waals surface area contributed by atoms with E-state index >= 15 is 0 Å². The summed E-state index contributed by atoms with van der Waals surface area (Å²) in [6, 6.07) is 8.07. The summed E-state index contributed by atoms with van der Waals surface area (Å²) in [5.41, 5.74) is 8.37. The van der Waals surface area contributed by atoms with Crippen LogP contribution in [0.15, 0.2) is 52.3 Å². The molecule has 2 N–H and O–H groups in total. The van der Waals surface area contributed by atoms with Crippen molar-refractivity contribution in [2.45, 2.75) is 37.2 Å². The van der Waals surface area contributed by atoms with Gasteiger partial charge >= 0.3 is 0 Å².